The van der Waals surface area contributed by atoms with Crippen molar-refractivity contribution in [3.63, 3.8) is 0 Å². The Morgan fingerprint density at radius 3 is 2.45 bits per heavy atom. The molecule has 0 aliphatic rings. The fourth-order valence-electron chi connectivity index (χ4n) is 2.47. The molecule has 4 aromatic rings. The third kappa shape index (κ3) is 2.36. The first-order chi connectivity index (χ1) is 10.8. The fourth-order valence-corrected chi connectivity index (χ4v) is 2.64. The van der Waals surface area contributed by atoms with Crippen molar-refractivity contribution in [2.45, 2.75) is 0 Å². The summed E-state index contributed by atoms with van der Waals surface area (Å²) in [5.41, 5.74) is 5.14. The third-order valence-electron chi connectivity index (χ3n) is 3.60. The number of nitrogens with zero attached hydrogens (tertiary/aromatic N) is 2. The largest absolute Gasteiger partial charge is 0.338 e. The molecule has 0 bridgehead atoms. The van der Waals surface area contributed by atoms with Crippen molar-refractivity contribution in [2.75, 3.05) is 0 Å². The van der Waals surface area contributed by atoms with Gasteiger partial charge < -0.3 is 4.98 Å². The summed E-state index contributed by atoms with van der Waals surface area (Å²) in [6.07, 6.45) is 3.63. The van der Waals surface area contributed by atoms with Gasteiger partial charge in [0.25, 0.3) is 0 Å². The molecule has 2 aromatic heterocycles. The smallest absolute Gasteiger partial charge is 0.138 e. The van der Waals surface area contributed by atoms with E-state index in [1.807, 2.05) is 36.5 Å². The standard InChI is InChI=1S/C18H12ClN3/c19-15-7-8-16-17(10-15)22-18(21-16)13-5-3-12(4-6-13)14-2-1-9-20-11-14/h1-11H,(H,21,22). The van der Waals surface area contributed by atoms with E-state index in [9.17, 15) is 0 Å². The zero-order valence-electron chi connectivity index (χ0n) is 11.6. The van der Waals surface area contributed by atoms with Crippen LogP contribution in [0.25, 0.3) is 33.5 Å². The van der Waals surface area contributed by atoms with Gasteiger partial charge in [0.05, 0.1) is 11.0 Å². The lowest BCUT2D eigenvalue weighted by atomic mass is 10.1. The van der Waals surface area contributed by atoms with Gasteiger partial charge in [-0.3, -0.25) is 4.98 Å². The van der Waals surface area contributed by atoms with E-state index in [1.54, 1.807) is 6.20 Å². The van der Waals surface area contributed by atoms with Crippen molar-refractivity contribution in [1.29, 1.82) is 0 Å². The number of fused-ring (bicyclic) bond motifs is 1. The highest BCUT2D eigenvalue weighted by molar-refractivity contribution is 6.31. The fraction of sp³-hybridized carbons (Fsp3) is 0. The second-order valence-corrected chi connectivity index (χ2v) is 5.50. The molecule has 4 rings (SSSR count). The molecule has 4 heteroatoms. The molecule has 0 saturated carbocycles. The van der Waals surface area contributed by atoms with Gasteiger partial charge in [0.15, 0.2) is 0 Å². The molecule has 0 aliphatic carbocycles. The van der Waals surface area contributed by atoms with Crippen LogP contribution in [0, 0.1) is 0 Å². The van der Waals surface area contributed by atoms with Crippen LogP contribution < -0.4 is 0 Å². The van der Waals surface area contributed by atoms with Crippen LogP contribution in [0.3, 0.4) is 0 Å². The van der Waals surface area contributed by atoms with Gasteiger partial charge in [-0.25, -0.2) is 4.98 Å². The first-order valence-corrected chi connectivity index (χ1v) is 7.33. The number of halogens is 1. The Labute approximate surface area is 132 Å². The number of nitrogens with one attached hydrogen (secondary N) is 1. The average Bonchev–Trinajstić information content (AvgIpc) is 2.99. The number of pyridine rings is 1. The van der Waals surface area contributed by atoms with E-state index in [2.05, 4.69) is 39.2 Å². The highest BCUT2D eigenvalue weighted by Gasteiger charge is 2.06. The van der Waals surface area contributed by atoms with Crippen LogP contribution in [0.15, 0.2) is 67.0 Å². The maximum absolute atomic E-state index is 6.00. The molecule has 3 nitrogen and oxygen atoms in total. The second-order valence-electron chi connectivity index (χ2n) is 5.07. The lowest BCUT2D eigenvalue weighted by Crippen LogP contribution is -1.82. The summed E-state index contributed by atoms with van der Waals surface area (Å²) < 4.78 is 0. The molecular formula is C18H12ClN3. The minimum absolute atomic E-state index is 0.692. The minimum Gasteiger partial charge on any atom is -0.338 e. The van der Waals surface area contributed by atoms with E-state index >= 15 is 0 Å². The van der Waals surface area contributed by atoms with Gasteiger partial charge in [0.2, 0.25) is 0 Å². The van der Waals surface area contributed by atoms with Crippen molar-refractivity contribution >= 4 is 22.6 Å². The van der Waals surface area contributed by atoms with Crippen molar-refractivity contribution in [3.8, 4) is 22.5 Å². The number of aromatic amines is 1. The quantitative estimate of drug-likeness (QED) is 0.569. The van der Waals surface area contributed by atoms with Crippen LogP contribution in [0.5, 0.6) is 0 Å². The molecule has 106 valence electrons. The summed E-state index contributed by atoms with van der Waals surface area (Å²) in [4.78, 5) is 12.1. The van der Waals surface area contributed by atoms with Gasteiger partial charge in [-0.2, -0.15) is 0 Å². The molecule has 0 spiro atoms. The number of hydrogen-bond donors (Lipinski definition) is 1. The lowest BCUT2D eigenvalue weighted by molar-refractivity contribution is 1.32. The van der Waals surface area contributed by atoms with E-state index in [1.165, 1.54) is 0 Å². The predicted octanol–water partition coefficient (Wildman–Crippen LogP) is 4.95. The average molecular weight is 306 g/mol. The highest BCUT2D eigenvalue weighted by atomic mass is 35.5. The number of hydrogen-bond acceptors (Lipinski definition) is 2. The molecule has 0 atom stereocenters. The molecule has 0 radical (unpaired) electrons. The van der Waals surface area contributed by atoms with E-state index in [-0.39, 0.29) is 0 Å². The summed E-state index contributed by atoms with van der Waals surface area (Å²) in [6, 6.07) is 17.9. The van der Waals surface area contributed by atoms with Crippen molar-refractivity contribution in [1.82, 2.24) is 15.0 Å². The van der Waals surface area contributed by atoms with Gasteiger partial charge in [-0.05, 0) is 35.4 Å². The van der Waals surface area contributed by atoms with E-state index in [4.69, 9.17) is 11.6 Å². The maximum Gasteiger partial charge on any atom is 0.138 e. The molecule has 22 heavy (non-hydrogen) atoms. The SMILES string of the molecule is Clc1ccc2[nH]c(-c3ccc(-c4cccnc4)cc3)nc2c1. The summed E-state index contributed by atoms with van der Waals surface area (Å²) in [5.74, 6) is 0.843. The van der Waals surface area contributed by atoms with Crippen LogP contribution in [-0.2, 0) is 0 Å². The van der Waals surface area contributed by atoms with Crippen molar-refractivity contribution in [2.24, 2.45) is 0 Å². The zero-order chi connectivity index (χ0) is 14.9. The van der Waals surface area contributed by atoms with E-state index < -0.39 is 0 Å². The molecule has 2 aromatic carbocycles. The molecular weight excluding hydrogens is 294 g/mol. The monoisotopic (exact) mass is 305 g/mol. The Morgan fingerprint density at radius 1 is 0.864 bits per heavy atom. The molecule has 1 N–H and O–H groups in total. The Morgan fingerprint density at radius 2 is 1.68 bits per heavy atom. The van der Waals surface area contributed by atoms with Crippen LogP contribution in [-0.4, -0.2) is 15.0 Å². The van der Waals surface area contributed by atoms with Crippen molar-refractivity contribution in [3.05, 3.63) is 72.0 Å². The number of rotatable bonds is 2. The van der Waals surface area contributed by atoms with Crippen LogP contribution in [0.2, 0.25) is 5.02 Å². The molecule has 0 aliphatic heterocycles. The number of H-pyrrole nitrogens is 1. The van der Waals surface area contributed by atoms with Crippen molar-refractivity contribution < 1.29 is 0 Å². The second kappa shape index (κ2) is 5.28. The minimum atomic E-state index is 0.692. The zero-order valence-corrected chi connectivity index (χ0v) is 12.4. The molecule has 0 amide bonds. The van der Waals surface area contributed by atoms with Gasteiger partial charge in [0, 0.05) is 23.0 Å². The lowest BCUT2D eigenvalue weighted by Gasteiger charge is -2.02. The molecule has 0 fully saturated rings. The van der Waals surface area contributed by atoms with Gasteiger partial charge in [-0.15, -0.1) is 0 Å². The van der Waals surface area contributed by atoms with Gasteiger partial charge in [0.1, 0.15) is 5.82 Å². The van der Waals surface area contributed by atoms with Gasteiger partial charge in [-0.1, -0.05) is 41.9 Å². The number of benzene rings is 2. The number of aromatic nitrogens is 3. The Balaban J connectivity index is 1.73. The topological polar surface area (TPSA) is 41.6 Å². The van der Waals surface area contributed by atoms with Crippen LogP contribution in [0.1, 0.15) is 0 Å². The molecule has 2 heterocycles. The summed E-state index contributed by atoms with van der Waals surface area (Å²) in [7, 11) is 0. The first-order valence-electron chi connectivity index (χ1n) is 6.96. The number of imidazole rings is 1. The Bertz CT molecular complexity index is 928. The predicted molar refractivity (Wildman–Crippen MR) is 89.8 cm³/mol. The van der Waals surface area contributed by atoms with Crippen LogP contribution in [0.4, 0.5) is 0 Å². The normalized spacial score (nSPS) is 11.0. The maximum atomic E-state index is 6.00. The summed E-state index contributed by atoms with van der Waals surface area (Å²) >= 11 is 6.00. The highest BCUT2D eigenvalue weighted by Crippen LogP contribution is 2.25. The van der Waals surface area contributed by atoms with E-state index in [0.717, 1.165) is 33.5 Å². The molecule has 0 unspecified atom stereocenters. The van der Waals surface area contributed by atoms with E-state index in [0.29, 0.717) is 5.02 Å². The third-order valence-corrected chi connectivity index (χ3v) is 3.83. The summed E-state index contributed by atoms with van der Waals surface area (Å²) in [6.45, 7) is 0. The Kier molecular flexibility index (Phi) is 3.13. The Hall–Kier alpha value is -2.65. The summed E-state index contributed by atoms with van der Waals surface area (Å²) in [5, 5.41) is 0.692. The first kappa shape index (κ1) is 13.0. The van der Waals surface area contributed by atoms with Crippen LogP contribution >= 0.6 is 11.6 Å². The van der Waals surface area contributed by atoms with Gasteiger partial charge >= 0.3 is 0 Å². The molecule has 0 saturated heterocycles.